The van der Waals surface area contributed by atoms with Gasteiger partial charge in [0.25, 0.3) is 0 Å². The predicted molar refractivity (Wildman–Crippen MR) is 353 cm³/mol. The maximum atomic E-state index is 12.9. The van der Waals surface area contributed by atoms with Crippen molar-refractivity contribution in [3.05, 3.63) is 122 Å². The van der Waals surface area contributed by atoms with E-state index in [2.05, 4.69) is 136 Å². The molecule has 1 unspecified atom stereocenters. The number of hydrogen-bond donors (Lipinski definition) is 0. The summed E-state index contributed by atoms with van der Waals surface area (Å²) >= 11 is 0. The highest BCUT2D eigenvalue weighted by molar-refractivity contribution is 5.71. The molecule has 0 saturated carbocycles. The van der Waals surface area contributed by atoms with Crippen LogP contribution in [0.5, 0.6) is 0 Å². The van der Waals surface area contributed by atoms with Gasteiger partial charge in [0.2, 0.25) is 0 Å². The molecular weight excluding hydrogens is 997 g/mol. The summed E-state index contributed by atoms with van der Waals surface area (Å²) in [5.41, 5.74) is 0. The van der Waals surface area contributed by atoms with E-state index in [1.165, 1.54) is 167 Å². The lowest BCUT2D eigenvalue weighted by atomic mass is 10.0. The fraction of sp³-hybridized carbons (Fsp3) is 0.693. The minimum Gasteiger partial charge on any atom is -0.462 e. The predicted octanol–water partition coefficient (Wildman–Crippen LogP) is 23.6. The lowest BCUT2D eigenvalue weighted by Crippen LogP contribution is -2.30. The summed E-state index contributed by atoms with van der Waals surface area (Å²) in [6.45, 7) is 6.39. The molecule has 0 aliphatic rings. The van der Waals surface area contributed by atoms with Crippen LogP contribution < -0.4 is 0 Å². The summed E-state index contributed by atoms with van der Waals surface area (Å²) in [6.07, 6.45) is 95.1. The summed E-state index contributed by atoms with van der Waals surface area (Å²) in [7, 11) is 0. The van der Waals surface area contributed by atoms with Crippen molar-refractivity contribution in [3.8, 4) is 0 Å². The van der Waals surface area contributed by atoms with Crippen LogP contribution >= 0.6 is 0 Å². The molecular formula is C75H126O6. The van der Waals surface area contributed by atoms with Gasteiger partial charge in [-0.15, -0.1) is 0 Å². The van der Waals surface area contributed by atoms with Crippen molar-refractivity contribution in [1.82, 2.24) is 0 Å². The number of carbonyl (C=O) groups is 3. The molecule has 0 aromatic carbocycles. The third kappa shape index (κ3) is 66.5. The number of rotatable bonds is 61. The van der Waals surface area contributed by atoms with Crippen molar-refractivity contribution in [1.29, 1.82) is 0 Å². The number of allylic oxidation sites excluding steroid dienone is 20. The number of unbranched alkanes of at least 4 members (excludes halogenated alkanes) is 30. The van der Waals surface area contributed by atoms with Crippen LogP contribution in [0.3, 0.4) is 0 Å². The fourth-order valence-electron chi connectivity index (χ4n) is 9.46. The van der Waals surface area contributed by atoms with E-state index in [0.717, 1.165) is 103 Å². The zero-order valence-electron chi connectivity index (χ0n) is 53.0. The van der Waals surface area contributed by atoms with E-state index in [1.54, 1.807) is 0 Å². The average molecular weight is 1120 g/mol. The van der Waals surface area contributed by atoms with Gasteiger partial charge in [0, 0.05) is 19.3 Å². The van der Waals surface area contributed by atoms with Crippen molar-refractivity contribution in [3.63, 3.8) is 0 Å². The van der Waals surface area contributed by atoms with Crippen LogP contribution in [-0.2, 0) is 28.6 Å². The second kappa shape index (κ2) is 68.3. The summed E-state index contributed by atoms with van der Waals surface area (Å²) < 4.78 is 16.9. The molecule has 81 heavy (non-hydrogen) atoms. The molecule has 0 aliphatic heterocycles. The summed E-state index contributed by atoms with van der Waals surface area (Å²) in [5, 5.41) is 0. The van der Waals surface area contributed by atoms with Crippen molar-refractivity contribution < 1.29 is 28.6 Å². The van der Waals surface area contributed by atoms with E-state index in [9.17, 15) is 14.4 Å². The first-order valence-corrected chi connectivity index (χ1v) is 34.0. The fourth-order valence-corrected chi connectivity index (χ4v) is 9.46. The van der Waals surface area contributed by atoms with Gasteiger partial charge in [0.15, 0.2) is 6.10 Å². The molecule has 0 saturated heterocycles. The molecule has 0 N–H and O–H groups in total. The largest absolute Gasteiger partial charge is 0.462 e. The van der Waals surface area contributed by atoms with Gasteiger partial charge in [-0.05, 0) is 96.3 Å². The van der Waals surface area contributed by atoms with Crippen LogP contribution in [-0.4, -0.2) is 37.2 Å². The first kappa shape index (κ1) is 76.8. The lowest BCUT2D eigenvalue weighted by molar-refractivity contribution is -0.166. The van der Waals surface area contributed by atoms with Gasteiger partial charge in [-0.2, -0.15) is 0 Å². The van der Waals surface area contributed by atoms with Gasteiger partial charge < -0.3 is 14.2 Å². The van der Waals surface area contributed by atoms with Crippen LogP contribution in [0.4, 0.5) is 0 Å². The summed E-state index contributed by atoms with van der Waals surface area (Å²) in [6, 6.07) is 0. The van der Waals surface area contributed by atoms with Crippen molar-refractivity contribution in [2.24, 2.45) is 0 Å². The Morgan fingerprint density at radius 1 is 0.259 bits per heavy atom. The minimum atomic E-state index is -0.822. The maximum Gasteiger partial charge on any atom is 0.306 e. The molecule has 0 spiro atoms. The van der Waals surface area contributed by atoms with Crippen LogP contribution in [0, 0.1) is 0 Å². The number of hydrogen-bond acceptors (Lipinski definition) is 6. The van der Waals surface area contributed by atoms with E-state index in [0.29, 0.717) is 19.3 Å². The standard InChI is InChI=1S/C75H126O6/c1-4-7-10-13-16-19-22-25-28-31-34-35-36-37-38-39-42-44-47-50-53-56-59-62-65-68-74(77)80-71-72(81-75(78)69-66-63-60-57-54-51-48-45-41-33-30-27-24-21-18-15-12-9-6-3)70-79-73(76)67-64-61-58-55-52-49-46-43-40-32-29-26-23-20-17-14-11-8-5-2/h7,9-10,12,16,18-19,21,25,27-28,30,34-35,41,45,51,54,60,63,72H,4-6,8,11,13-15,17,20,22-24,26,29,31-33,36-40,42-44,46-50,52-53,55-59,61-62,64-71H2,1-3H3/b10-7-,12-9-,19-16-,21-18-,28-25-,30-27-,35-34-,45-41-,54-51-,63-60-. The van der Waals surface area contributed by atoms with Crippen LogP contribution in [0.25, 0.3) is 0 Å². The van der Waals surface area contributed by atoms with Gasteiger partial charge in [-0.1, -0.05) is 322 Å². The molecule has 0 bridgehead atoms. The molecule has 0 amide bonds. The lowest BCUT2D eigenvalue weighted by Gasteiger charge is -2.18. The first-order valence-electron chi connectivity index (χ1n) is 34.0. The number of ether oxygens (including phenoxy) is 3. The van der Waals surface area contributed by atoms with Crippen molar-refractivity contribution in [2.45, 2.75) is 322 Å². The Morgan fingerprint density at radius 3 is 0.802 bits per heavy atom. The van der Waals surface area contributed by atoms with E-state index in [-0.39, 0.29) is 37.5 Å². The highest BCUT2D eigenvalue weighted by atomic mass is 16.6. The molecule has 6 nitrogen and oxygen atoms in total. The number of esters is 3. The Labute approximate surface area is 501 Å². The number of carbonyl (C=O) groups excluding carboxylic acids is 3. The molecule has 0 heterocycles. The van der Waals surface area contributed by atoms with E-state index >= 15 is 0 Å². The molecule has 1 atom stereocenters. The Hall–Kier alpha value is -4.19. The van der Waals surface area contributed by atoms with Crippen LogP contribution in [0.2, 0.25) is 0 Å². The van der Waals surface area contributed by atoms with Gasteiger partial charge in [-0.25, -0.2) is 0 Å². The van der Waals surface area contributed by atoms with Crippen molar-refractivity contribution >= 4 is 17.9 Å². The molecule has 0 aliphatic carbocycles. The highest BCUT2D eigenvalue weighted by Crippen LogP contribution is 2.17. The summed E-state index contributed by atoms with van der Waals surface area (Å²) in [4.78, 5) is 38.4. The quantitative estimate of drug-likeness (QED) is 0.0261. The summed E-state index contributed by atoms with van der Waals surface area (Å²) in [5.74, 6) is -0.983. The molecule has 0 aromatic rings. The molecule has 0 fully saturated rings. The van der Waals surface area contributed by atoms with E-state index in [4.69, 9.17) is 14.2 Å². The highest BCUT2D eigenvalue weighted by Gasteiger charge is 2.19. The molecule has 6 heteroatoms. The Bertz CT molecular complexity index is 1670. The second-order valence-electron chi connectivity index (χ2n) is 22.3. The second-order valence-corrected chi connectivity index (χ2v) is 22.3. The molecule has 0 rings (SSSR count). The van der Waals surface area contributed by atoms with Gasteiger partial charge >= 0.3 is 17.9 Å². The third-order valence-electron chi connectivity index (χ3n) is 14.5. The van der Waals surface area contributed by atoms with E-state index < -0.39 is 6.10 Å². The van der Waals surface area contributed by atoms with Gasteiger partial charge in [0.05, 0.1) is 0 Å². The topological polar surface area (TPSA) is 78.9 Å². The Balaban J connectivity index is 4.43. The van der Waals surface area contributed by atoms with E-state index in [1.807, 2.05) is 6.08 Å². The average Bonchev–Trinajstić information content (AvgIpc) is 3.47. The Morgan fingerprint density at radius 2 is 0.506 bits per heavy atom. The minimum absolute atomic E-state index is 0.108. The molecule has 462 valence electrons. The van der Waals surface area contributed by atoms with Crippen LogP contribution in [0.15, 0.2) is 122 Å². The monoisotopic (exact) mass is 1120 g/mol. The molecule has 0 aromatic heterocycles. The van der Waals surface area contributed by atoms with Crippen molar-refractivity contribution in [2.75, 3.05) is 13.2 Å². The third-order valence-corrected chi connectivity index (χ3v) is 14.5. The smallest absolute Gasteiger partial charge is 0.306 e. The van der Waals surface area contributed by atoms with Gasteiger partial charge in [-0.3, -0.25) is 14.4 Å². The normalized spacial score (nSPS) is 12.9. The zero-order valence-corrected chi connectivity index (χ0v) is 53.0. The van der Waals surface area contributed by atoms with Gasteiger partial charge in [0.1, 0.15) is 13.2 Å². The molecule has 0 radical (unpaired) electrons. The zero-order chi connectivity index (χ0) is 58.5. The first-order chi connectivity index (χ1) is 40.0. The van der Waals surface area contributed by atoms with Crippen LogP contribution in [0.1, 0.15) is 316 Å². The maximum absolute atomic E-state index is 12.9. The SMILES string of the molecule is CC/C=C\C/C=C\C/C=C\C/C=C\C/C=C\C/C=C\CCC(=O)OC(COC(=O)CCCCCCCCCCCCCC/C=C\C/C=C\C/C=C\C/C=C\CC)COC(=O)CCCCCCCCCCCCCCCCCCCCC. The Kier molecular flexibility index (Phi) is 64.8.